The van der Waals surface area contributed by atoms with Crippen molar-refractivity contribution in [3.05, 3.63) is 0 Å². The molecule has 0 aromatic rings. The summed E-state index contributed by atoms with van der Waals surface area (Å²) in [5.41, 5.74) is 6.13. The van der Waals surface area contributed by atoms with Crippen LogP contribution >= 0.6 is 0 Å². The number of piperidine rings is 1. The normalized spacial score (nSPS) is 21.6. The average molecular weight is 228 g/mol. The minimum absolute atomic E-state index is 0.337. The van der Waals surface area contributed by atoms with Crippen molar-refractivity contribution in [2.24, 2.45) is 11.7 Å². The van der Waals surface area contributed by atoms with Gasteiger partial charge in [0.2, 0.25) is 0 Å². The minimum atomic E-state index is 0.337. The third-order valence-corrected chi connectivity index (χ3v) is 3.20. The van der Waals surface area contributed by atoms with Crippen LogP contribution in [0.2, 0.25) is 0 Å². The maximum absolute atomic E-state index is 6.13. The molecular formula is C13H28N2O. The Morgan fingerprint density at radius 1 is 1.31 bits per heavy atom. The van der Waals surface area contributed by atoms with Crippen molar-refractivity contribution in [1.29, 1.82) is 0 Å². The van der Waals surface area contributed by atoms with E-state index >= 15 is 0 Å². The van der Waals surface area contributed by atoms with Crippen LogP contribution in [0.1, 0.15) is 40.0 Å². The fraction of sp³-hybridized carbons (Fsp3) is 1.00. The van der Waals surface area contributed by atoms with E-state index in [1.54, 1.807) is 0 Å². The molecule has 3 heteroatoms. The topological polar surface area (TPSA) is 38.5 Å². The minimum Gasteiger partial charge on any atom is -0.378 e. The molecule has 1 rings (SSSR count). The van der Waals surface area contributed by atoms with Crippen molar-refractivity contribution < 1.29 is 4.74 Å². The molecular weight excluding hydrogens is 200 g/mol. The molecule has 0 aromatic carbocycles. The highest BCUT2D eigenvalue weighted by molar-refractivity contribution is 4.76. The molecule has 0 aromatic heterocycles. The summed E-state index contributed by atoms with van der Waals surface area (Å²) in [4.78, 5) is 2.49. The largest absolute Gasteiger partial charge is 0.378 e. The highest BCUT2D eigenvalue weighted by Crippen LogP contribution is 2.14. The lowest BCUT2D eigenvalue weighted by Gasteiger charge is -2.33. The standard InChI is InChI=1S/C13H28N2O/c1-4-16-13-5-7-15(8-6-13)10-12(14)9-11(2)3/h11-13H,4-10,14H2,1-3H3. The van der Waals surface area contributed by atoms with Crippen molar-refractivity contribution in [1.82, 2.24) is 4.90 Å². The van der Waals surface area contributed by atoms with Gasteiger partial charge in [-0.25, -0.2) is 0 Å². The molecule has 1 aliphatic rings. The molecule has 1 saturated heterocycles. The Balaban J connectivity index is 2.16. The Morgan fingerprint density at radius 3 is 2.44 bits per heavy atom. The van der Waals surface area contributed by atoms with Gasteiger partial charge < -0.3 is 15.4 Å². The van der Waals surface area contributed by atoms with E-state index in [4.69, 9.17) is 10.5 Å². The summed E-state index contributed by atoms with van der Waals surface area (Å²) in [5, 5.41) is 0. The molecule has 1 unspecified atom stereocenters. The van der Waals surface area contributed by atoms with Crippen molar-refractivity contribution in [3.63, 3.8) is 0 Å². The monoisotopic (exact) mass is 228 g/mol. The number of nitrogens with two attached hydrogens (primary N) is 1. The first-order chi connectivity index (χ1) is 7.61. The Kier molecular flexibility index (Phi) is 6.32. The quantitative estimate of drug-likeness (QED) is 0.754. The van der Waals surface area contributed by atoms with Crippen LogP contribution in [0.25, 0.3) is 0 Å². The molecule has 0 saturated carbocycles. The van der Waals surface area contributed by atoms with E-state index in [1.165, 1.54) is 12.8 Å². The van der Waals surface area contributed by atoms with Crippen LogP contribution in [0, 0.1) is 5.92 Å². The molecule has 1 fully saturated rings. The SMILES string of the molecule is CCOC1CCN(CC(N)CC(C)C)CC1. The van der Waals surface area contributed by atoms with Crippen molar-refractivity contribution in [2.75, 3.05) is 26.2 Å². The predicted octanol–water partition coefficient (Wildman–Crippen LogP) is 1.86. The lowest BCUT2D eigenvalue weighted by Crippen LogP contribution is -2.44. The van der Waals surface area contributed by atoms with Gasteiger partial charge in [0.15, 0.2) is 0 Å². The zero-order valence-corrected chi connectivity index (χ0v) is 11.1. The van der Waals surface area contributed by atoms with Gasteiger partial charge in [0.1, 0.15) is 0 Å². The maximum atomic E-state index is 6.13. The van der Waals surface area contributed by atoms with Crippen molar-refractivity contribution in [2.45, 2.75) is 52.2 Å². The molecule has 0 radical (unpaired) electrons. The van der Waals surface area contributed by atoms with Crippen LogP contribution in [0.5, 0.6) is 0 Å². The molecule has 0 aliphatic carbocycles. The predicted molar refractivity (Wildman–Crippen MR) is 68.5 cm³/mol. The number of hydrogen-bond donors (Lipinski definition) is 1. The fourth-order valence-electron chi connectivity index (χ4n) is 2.51. The number of hydrogen-bond acceptors (Lipinski definition) is 3. The third kappa shape index (κ3) is 5.28. The lowest BCUT2D eigenvalue weighted by atomic mass is 10.0. The molecule has 3 nitrogen and oxygen atoms in total. The Hall–Kier alpha value is -0.120. The van der Waals surface area contributed by atoms with Crippen LogP contribution in [-0.2, 0) is 4.74 Å². The number of rotatable bonds is 6. The van der Waals surface area contributed by atoms with Gasteiger partial charge in [0.25, 0.3) is 0 Å². The van der Waals surface area contributed by atoms with Gasteiger partial charge in [-0.1, -0.05) is 13.8 Å². The van der Waals surface area contributed by atoms with E-state index in [-0.39, 0.29) is 0 Å². The van der Waals surface area contributed by atoms with E-state index in [2.05, 4.69) is 25.7 Å². The van der Waals surface area contributed by atoms with Gasteiger partial charge in [0.05, 0.1) is 6.10 Å². The summed E-state index contributed by atoms with van der Waals surface area (Å²) in [6.45, 7) is 10.7. The van der Waals surface area contributed by atoms with Gasteiger partial charge in [0, 0.05) is 32.3 Å². The molecule has 1 heterocycles. The lowest BCUT2D eigenvalue weighted by molar-refractivity contribution is 0.0128. The number of likely N-dealkylation sites (tertiary alicyclic amines) is 1. The summed E-state index contributed by atoms with van der Waals surface area (Å²) in [5.74, 6) is 0.705. The van der Waals surface area contributed by atoms with E-state index in [0.717, 1.165) is 32.7 Å². The molecule has 2 N–H and O–H groups in total. The van der Waals surface area contributed by atoms with E-state index in [9.17, 15) is 0 Å². The van der Waals surface area contributed by atoms with Gasteiger partial charge >= 0.3 is 0 Å². The molecule has 96 valence electrons. The molecule has 1 atom stereocenters. The van der Waals surface area contributed by atoms with Crippen LogP contribution in [0.4, 0.5) is 0 Å². The highest BCUT2D eigenvalue weighted by Gasteiger charge is 2.20. The Morgan fingerprint density at radius 2 is 1.94 bits per heavy atom. The Labute approximate surface area is 100 Å². The van der Waals surface area contributed by atoms with Gasteiger partial charge in [-0.2, -0.15) is 0 Å². The zero-order valence-electron chi connectivity index (χ0n) is 11.1. The first kappa shape index (κ1) is 13.9. The van der Waals surface area contributed by atoms with E-state index in [1.807, 2.05) is 0 Å². The zero-order chi connectivity index (χ0) is 12.0. The van der Waals surface area contributed by atoms with Gasteiger partial charge in [-0.15, -0.1) is 0 Å². The summed E-state index contributed by atoms with van der Waals surface area (Å²) in [6.07, 6.45) is 3.96. The fourth-order valence-corrected chi connectivity index (χ4v) is 2.51. The summed E-state index contributed by atoms with van der Waals surface area (Å²) < 4.78 is 5.64. The second-order valence-corrected chi connectivity index (χ2v) is 5.34. The number of ether oxygens (including phenoxy) is 1. The smallest absolute Gasteiger partial charge is 0.0599 e. The highest BCUT2D eigenvalue weighted by atomic mass is 16.5. The molecule has 1 aliphatic heterocycles. The van der Waals surface area contributed by atoms with E-state index in [0.29, 0.717) is 18.1 Å². The van der Waals surface area contributed by atoms with Crippen molar-refractivity contribution >= 4 is 0 Å². The molecule has 0 bridgehead atoms. The first-order valence-electron chi connectivity index (χ1n) is 6.71. The Bertz CT molecular complexity index is 177. The van der Waals surface area contributed by atoms with Crippen LogP contribution in [0.3, 0.4) is 0 Å². The third-order valence-electron chi connectivity index (χ3n) is 3.20. The van der Waals surface area contributed by atoms with Gasteiger partial charge in [-0.05, 0) is 32.1 Å². The first-order valence-corrected chi connectivity index (χ1v) is 6.71. The van der Waals surface area contributed by atoms with E-state index < -0.39 is 0 Å². The second-order valence-electron chi connectivity index (χ2n) is 5.34. The van der Waals surface area contributed by atoms with Gasteiger partial charge in [-0.3, -0.25) is 0 Å². The van der Waals surface area contributed by atoms with Crippen LogP contribution in [0.15, 0.2) is 0 Å². The molecule has 0 amide bonds. The molecule has 16 heavy (non-hydrogen) atoms. The summed E-state index contributed by atoms with van der Waals surface area (Å²) >= 11 is 0. The average Bonchev–Trinajstić information content (AvgIpc) is 2.20. The van der Waals surface area contributed by atoms with Crippen LogP contribution < -0.4 is 5.73 Å². The second kappa shape index (κ2) is 7.25. The number of nitrogens with zero attached hydrogens (tertiary/aromatic N) is 1. The summed E-state index contributed by atoms with van der Waals surface area (Å²) in [7, 11) is 0. The summed E-state index contributed by atoms with van der Waals surface area (Å²) in [6, 6.07) is 0.337. The van der Waals surface area contributed by atoms with Crippen molar-refractivity contribution in [3.8, 4) is 0 Å². The maximum Gasteiger partial charge on any atom is 0.0599 e. The van der Waals surface area contributed by atoms with Crippen LogP contribution in [-0.4, -0.2) is 43.3 Å². The molecule has 0 spiro atoms.